The second-order valence-corrected chi connectivity index (χ2v) is 7.48. The fourth-order valence-corrected chi connectivity index (χ4v) is 3.54. The van der Waals surface area contributed by atoms with E-state index in [2.05, 4.69) is 15.8 Å². The minimum atomic E-state index is -0.432. The molecule has 158 valence electrons. The van der Waals surface area contributed by atoms with Crippen LogP contribution in [0.5, 0.6) is 11.5 Å². The van der Waals surface area contributed by atoms with Gasteiger partial charge in [-0.3, -0.25) is 5.43 Å². The van der Waals surface area contributed by atoms with E-state index in [4.69, 9.17) is 21.7 Å². The van der Waals surface area contributed by atoms with E-state index >= 15 is 0 Å². The number of carbonyl (C=O) groups is 1. The molecule has 30 heavy (non-hydrogen) atoms. The first-order valence-corrected chi connectivity index (χ1v) is 10.7. The van der Waals surface area contributed by atoms with E-state index in [9.17, 15) is 4.79 Å². The van der Waals surface area contributed by atoms with E-state index in [1.807, 2.05) is 13.0 Å². The van der Waals surface area contributed by atoms with Gasteiger partial charge in [0.15, 0.2) is 16.6 Å². The molecule has 7 heteroatoms. The molecule has 2 aromatic carbocycles. The average molecular weight is 426 g/mol. The highest BCUT2D eigenvalue weighted by molar-refractivity contribution is 7.80. The maximum Gasteiger partial charge on any atom is 0.343 e. The summed E-state index contributed by atoms with van der Waals surface area (Å²) in [6.07, 6.45) is 7.73. The maximum absolute atomic E-state index is 12.3. The van der Waals surface area contributed by atoms with Gasteiger partial charge in [-0.1, -0.05) is 37.5 Å². The van der Waals surface area contributed by atoms with E-state index in [1.165, 1.54) is 19.3 Å². The first-order chi connectivity index (χ1) is 14.7. The number of benzene rings is 2. The number of nitrogens with zero attached hydrogens (tertiary/aromatic N) is 1. The number of hydrogen-bond acceptors (Lipinski definition) is 5. The molecule has 2 aromatic rings. The Bertz CT molecular complexity index is 881. The van der Waals surface area contributed by atoms with Crippen LogP contribution < -0.4 is 20.2 Å². The Morgan fingerprint density at radius 1 is 1.13 bits per heavy atom. The van der Waals surface area contributed by atoms with Crippen molar-refractivity contribution in [2.45, 2.75) is 45.1 Å². The molecule has 2 N–H and O–H groups in total. The summed E-state index contributed by atoms with van der Waals surface area (Å²) < 4.78 is 11.2. The van der Waals surface area contributed by atoms with Crippen molar-refractivity contribution in [3.05, 3.63) is 59.7 Å². The number of esters is 1. The number of carbonyl (C=O) groups excluding carboxylic acids is 1. The average Bonchev–Trinajstić information content (AvgIpc) is 2.77. The van der Waals surface area contributed by atoms with Crippen LogP contribution in [0.3, 0.4) is 0 Å². The molecule has 1 fully saturated rings. The highest BCUT2D eigenvalue weighted by Crippen LogP contribution is 2.29. The van der Waals surface area contributed by atoms with Gasteiger partial charge in [0.25, 0.3) is 0 Å². The van der Waals surface area contributed by atoms with Crippen molar-refractivity contribution in [1.82, 2.24) is 10.7 Å². The number of hydrazone groups is 1. The lowest BCUT2D eigenvalue weighted by atomic mass is 9.96. The molecule has 1 aliphatic rings. The molecule has 1 saturated carbocycles. The summed E-state index contributed by atoms with van der Waals surface area (Å²) in [4.78, 5) is 12.3. The molecule has 0 aromatic heterocycles. The Kier molecular flexibility index (Phi) is 8.20. The number of thiocarbonyl (C=S) groups is 1. The Labute approximate surface area is 182 Å². The van der Waals surface area contributed by atoms with Gasteiger partial charge in [0.1, 0.15) is 0 Å². The van der Waals surface area contributed by atoms with Crippen molar-refractivity contribution >= 4 is 29.5 Å². The van der Waals surface area contributed by atoms with Gasteiger partial charge in [0.2, 0.25) is 0 Å². The fourth-order valence-electron chi connectivity index (χ4n) is 3.32. The number of hydrogen-bond donors (Lipinski definition) is 2. The summed E-state index contributed by atoms with van der Waals surface area (Å²) in [5.74, 6) is 0.415. The first-order valence-electron chi connectivity index (χ1n) is 10.3. The molecular formula is C23H27N3O3S. The maximum atomic E-state index is 12.3. The van der Waals surface area contributed by atoms with Crippen molar-refractivity contribution in [2.75, 3.05) is 6.61 Å². The lowest BCUT2D eigenvalue weighted by molar-refractivity contribution is 0.0728. The van der Waals surface area contributed by atoms with Gasteiger partial charge in [-0.25, -0.2) is 4.79 Å². The number of rotatable bonds is 7. The van der Waals surface area contributed by atoms with Gasteiger partial charge in [-0.15, -0.1) is 0 Å². The van der Waals surface area contributed by atoms with Crippen LogP contribution in [0, 0.1) is 0 Å². The molecule has 0 heterocycles. The second-order valence-electron chi connectivity index (χ2n) is 7.07. The molecule has 1 aliphatic carbocycles. The molecule has 0 saturated heterocycles. The molecular weight excluding hydrogens is 398 g/mol. The van der Waals surface area contributed by atoms with Crippen LogP contribution in [0.25, 0.3) is 0 Å². The van der Waals surface area contributed by atoms with Gasteiger partial charge >= 0.3 is 5.97 Å². The SMILES string of the molecule is CCOc1cc(/C=N\NC(=S)NC2CCCCC2)ccc1OC(=O)c1ccccc1. The number of ether oxygens (including phenoxy) is 2. The van der Waals surface area contributed by atoms with Crippen LogP contribution in [-0.2, 0) is 0 Å². The Morgan fingerprint density at radius 2 is 1.90 bits per heavy atom. The lowest BCUT2D eigenvalue weighted by Gasteiger charge is -2.23. The molecule has 0 aliphatic heterocycles. The van der Waals surface area contributed by atoms with Gasteiger partial charge in [0.05, 0.1) is 18.4 Å². The molecule has 0 bridgehead atoms. The third-order valence-electron chi connectivity index (χ3n) is 4.80. The van der Waals surface area contributed by atoms with Crippen molar-refractivity contribution in [3.63, 3.8) is 0 Å². The van der Waals surface area contributed by atoms with E-state index in [-0.39, 0.29) is 0 Å². The monoisotopic (exact) mass is 425 g/mol. The summed E-state index contributed by atoms with van der Waals surface area (Å²) in [5.41, 5.74) is 4.14. The zero-order valence-corrected chi connectivity index (χ0v) is 17.9. The smallest absolute Gasteiger partial charge is 0.343 e. The van der Waals surface area contributed by atoms with Gasteiger partial charge in [-0.05, 0) is 67.9 Å². The third-order valence-corrected chi connectivity index (χ3v) is 5.01. The molecule has 6 nitrogen and oxygen atoms in total. The van der Waals surface area contributed by atoms with Gasteiger partial charge < -0.3 is 14.8 Å². The molecule has 0 amide bonds. The predicted molar refractivity (Wildman–Crippen MR) is 122 cm³/mol. The van der Waals surface area contributed by atoms with Crippen molar-refractivity contribution in [1.29, 1.82) is 0 Å². The van der Waals surface area contributed by atoms with Crippen LogP contribution in [0.2, 0.25) is 0 Å². The molecule has 0 unspecified atom stereocenters. The topological polar surface area (TPSA) is 71.9 Å². The Morgan fingerprint density at radius 3 is 2.63 bits per heavy atom. The van der Waals surface area contributed by atoms with Gasteiger partial charge in [-0.2, -0.15) is 5.10 Å². The van der Waals surface area contributed by atoms with E-state index < -0.39 is 5.97 Å². The highest BCUT2D eigenvalue weighted by atomic mass is 32.1. The van der Waals surface area contributed by atoms with Gasteiger partial charge in [0, 0.05) is 6.04 Å². The standard InChI is InChI=1S/C23H27N3O3S/c1-2-28-21-15-17(16-24-26-23(30)25-19-11-7-4-8-12-19)13-14-20(21)29-22(27)18-9-5-3-6-10-18/h3,5-6,9-10,13-16,19H,2,4,7-8,11-12H2,1H3,(H2,25,26,30)/b24-16-. The minimum Gasteiger partial charge on any atom is -0.490 e. The van der Waals surface area contributed by atoms with E-state index in [0.29, 0.717) is 34.8 Å². The summed E-state index contributed by atoms with van der Waals surface area (Å²) in [5, 5.41) is 8.04. The second kappa shape index (κ2) is 11.3. The lowest BCUT2D eigenvalue weighted by Crippen LogP contribution is -2.40. The Balaban J connectivity index is 1.60. The highest BCUT2D eigenvalue weighted by Gasteiger charge is 2.14. The summed E-state index contributed by atoms with van der Waals surface area (Å²) in [7, 11) is 0. The van der Waals surface area contributed by atoms with Crippen molar-refractivity contribution in [3.8, 4) is 11.5 Å². The number of nitrogens with one attached hydrogen (secondary N) is 2. The summed E-state index contributed by atoms with van der Waals surface area (Å²) in [6, 6.07) is 14.6. The summed E-state index contributed by atoms with van der Waals surface area (Å²) in [6.45, 7) is 2.32. The van der Waals surface area contributed by atoms with Crippen molar-refractivity contribution < 1.29 is 14.3 Å². The minimum absolute atomic E-state index is 0.366. The van der Waals surface area contributed by atoms with Crippen molar-refractivity contribution in [2.24, 2.45) is 5.10 Å². The molecule has 0 spiro atoms. The van der Waals surface area contributed by atoms with Crippen LogP contribution in [0.1, 0.15) is 54.9 Å². The summed E-state index contributed by atoms with van der Waals surface area (Å²) >= 11 is 5.31. The molecule has 0 radical (unpaired) electrons. The Hall–Kier alpha value is -2.93. The zero-order valence-electron chi connectivity index (χ0n) is 17.1. The van der Waals surface area contributed by atoms with Crippen LogP contribution >= 0.6 is 12.2 Å². The fraction of sp³-hybridized carbons (Fsp3) is 0.348. The van der Waals surface area contributed by atoms with Crippen LogP contribution in [-0.4, -0.2) is 29.9 Å². The van der Waals surface area contributed by atoms with Crippen LogP contribution in [0.15, 0.2) is 53.6 Å². The quantitative estimate of drug-likeness (QED) is 0.225. The zero-order chi connectivity index (χ0) is 21.2. The largest absolute Gasteiger partial charge is 0.490 e. The first kappa shape index (κ1) is 21.8. The molecule has 3 rings (SSSR count). The van der Waals surface area contributed by atoms with E-state index in [0.717, 1.165) is 18.4 Å². The van der Waals surface area contributed by atoms with E-state index in [1.54, 1.807) is 48.7 Å². The predicted octanol–water partition coefficient (Wildman–Crippen LogP) is 4.44. The third kappa shape index (κ3) is 6.56. The van der Waals surface area contributed by atoms with Crippen LogP contribution in [0.4, 0.5) is 0 Å². The normalized spacial score (nSPS) is 14.3. The molecule has 0 atom stereocenters.